The minimum absolute atomic E-state index is 0.179. The van der Waals surface area contributed by atoms with Gasteiger partial charge in [0.1, 0.15) is 12.1 Å². The number of rotatable bonds is 19. The first kappa shape index (κ1) is 29.5. The predicted molar refractivity (Wildman–Crippen MR) is 117 cm³/mol. The molecule has 184 valence electrons. The van der Waals surface area contributed by atoms with E-state index in [1.807, 2.05) is 0 Å². The molecule has 0 aromatic rings. The number of carboxylic acid groups (broad SMARTS) is 2. The number of amides is 1. The third kappa shape index (κ3) is 16.2. The monoisotopic (exact) mass is 458 g/mol. The van der Waals surface area contributed by atoms with Gasteiger partial charge in [0.15, 0.2) is 0 Å². The maximum absolute atomic E-state index is 12.2. The van der Waals surface area contributed by atoms with Crippen LogP contribution in [0.1, 0.15) is 96.8 Å². The van der Waals surface area contributed by atoms with Crippen LogP contribution in [0.15, 0.2) is 0 Å². The van der Waals surface area contributed by atoms with Crippen molar-refractivity contribution in [3.63, 3.8) is 0 Å². The molecule has 10 nitrogen and oxygen atoms in total. The maximum Gasteiger partial charge on any atom is 0.336 e. The SMILES string of the molecule is CCCCCCCCCCCC(=O)N[C@@H](CCC(=O)O)C(=O)OC(=O)[C@@H](N)CCC(=O)O. The normalized spacial score (nSPS) is 12.6. The summed E-state index contributed by atoms with van der Waals surface area (Å²) in [6.45, 7) is 2.17. The van der Waals surface area contributed by atoms with E-state index in [0.717, 1.165) is 19.3 Å². The number of hydrogen-bond donors (Lipinski definition) is 4. The van der Waals surface area contributed by atoms with Crippen LogP contribution in [0.5, 0.6) is 0 Å². The number of unbranched alkanes of at least 4 members (excludes halogenated alkanes) is 8. The van der Waals surface area contributed by atoms with E-state index in [9.17, 15) is 24.0 Å². The summed E-state index contributed by atoms with van der Waals surface area (Å²) in [5, 5.41) is 19.9. The molecule has 0 aromatic heterocycles. The minimum Gasteiger partial charge on any atom is -0.481 e. The lowest BCUT2D eigenvalue weighted by molar-refractivity contribution is -0.163. The molecule has 0 spiro atoms. The Kier molecular flexibility index (Phi) is 16.7. The molecule has 0 aromatic carbocycles. The largest absolute Gasteiger partial charge is 0.481 e. The second-order valence-electron chi connectivity index (χ2n) is 7.91. The molecule has 0 bridgehead atoms. The molecule has 0 radical (unpaired) electrons. The molecule has 0 aliphatic rings. The number of hydrogen-bond acceptors (Lipinski definition) is 7. The molecule has 0 unspecified atom stereocenters. The van der Waals surface area contributed by atoms with Crippen molar-refractivity contribution in [2.45, 2.75) is 109 Å². The van der Waals surface area contributed by atoms with Crippen LogP contribution >= 0.6 is 0 Å². The van der Waals surface area contributed by atoms with Crippen molar-refractivity contribution in [3.8, 4) is 0 Å². The van der Waals surface area contributed by atoms with Crippen molar-refractivity contribution in [1.29, 1.82) is 0 Å². The van der Waals surface area contributed by atoms with Gasteiger partial charge in [0.2, 0.25) is 5.91 Å². The Hall–Kier alpha value is -2.49. The highest BCUT2D eigenvalue weighted by atomic mass is 16.6. The summed E-state index contributed by atoms with van der Waals surface area (Å²) in [7, 11) is 0. The molecule has 0 saturated carbocycles. The highest BCUT2D eigenvalue weighted by Gasteiger charge is 2.27. The summed E-state index contributed by atoms with van der Waals surface area (Å²) in [6.07, 6.45) is 8.71. The van der Waals surface area contributed by atoms with Gasteiger partial charge in [-0.05, 0) is 19.3 Å². The quantitative estimate of drug-likeness (QED) is 0.129. The highest BCUT2D eigenvalue weighted by molar-refractivity contribution is 5.93. The second kappa shape index (κ2) is 18.1. The highest BCUT2D eigenvalue weighted by Crippen LogP contribution is 2.11. The van der Waals surface area contributed by atoms with Gasteiger partial charge >= 0.3 is 23.9 Å². The van der Waals surface area contributed by atoms with Gasteiger partial charge in [-0.2, -0.15) is 0 Å². The zero-order valence-corrected chi connectivity index (χ0v) is 19.0. The standard InChI is InChI=1S/C22H38N2O8/c1-2-3-4-5-6-7-8-9-10-11-18(25)24-17(13-15-20(28)29)22(31)32-21(30)16(23)12-14-19(26)27/h16-17H,2-15,23H2,1H3,(H,24,25)(H,26,27)(H,28,29)/t16-,17-/m0/s1. The molecule has 0 fully saturated rings. The average Bonchev–Trinajstić information content (AvgIpc) is 2.73. The van der Waals surface area contributed by atoms with Crippen molar-refractivity contribution >= 4 is 29.8 Å². The number of carbonyl (C=O) groups is 5. The number of esters is 2. The van der Waals surface area contributed by atoms with Crippen LogP contribution in [0, 0.1) is 0 Å². The number of carbonyl (C=O) groups excluding carboxylic acids is 3. The van der Waals surface area contributed by atoms with E-state index in [1.54, 1.807) is 0 Å². The maximum atomic E-state index is 12.2. The van der Waals surface area contributed by atoms with Gasteiger partial charge in [-0.1, -0.05) is 58.3 Å². The van der Waals surface area contributed by atoms with E-state index < -0.39 is 48.3 Å². The third-order valence-electron chi connectivity index (χ3n) is 4.95. The molecule has 0 rings (SSSR count). The first-order valence-corrected chi connectivity index (χ1v) is 11.4. The third-order valence-corrected chi connectivity index (χ3v) is 4.95. The van der Waals surface area contributed by atoms with Gasteiger partial charge in [0.05, 0.1) is 0 Å². The van der Waals surface area contributed by atoms with Crippen LogP contribution in [0.2, 0.25) is 0 Å². The molecule has 32 heavy (non-hydrogen) atoms. The molecular weight excluding hydrogens is 420 g/mol. The summed E-state index contributed by atoms with van der Waals surface area (Å²) in [6, 6.07) is -2.61. The first-order valence-electron chi connectivity index (χ1n) is 11.4. The lowest BCUT2D eigenvalue weighted by Gasteiger charge is -2.17. The second-order valence-corrected chi connectivity index (χ2v) is 7.91. The summed E-state index contributed by atoms with van der Waals surface area (Å²) < 4.78 is 4.63. The van der Waals surface area contributed by atoms with Gasteiger partial charge in [-0.3, -0.25) is 14.4 Å². The van der Waals surface area contributed by atoms with Crippen LogP contribution < -0.4 is 11.1 Å². The van der Waals surface area contributed by atoms with E-state index in [0.29, 0.717) is 6.42 Å². The number of carboxylic acids is 2. The molecule has 1 amide bonds. The van der Waals surface area contributed by atoms with E-state index in [-0.39, 0.29) is 25.7 Å². The molecule has 0 aliphatic heterocycles. The van der Waals surface area contributed by atoms with Crippen LogP contribution in [0.25, 0.3) is 0 Å². The van der Waals surface area contributed by atoms with Crippen molar-refractivity contribution in [2.24, 2.45) is 5.73 Å². The van der Waals surface area contributed by atoms with Gasteiger partial charge in [-0.15, -0.1) is 0 Å². The van der Waals surface area contributed by atoms with Crippen LogP contribution in [-0.4, -0.2) is 52.1 Å². The Morgan fingerprint density at radius 2 is 1.25 bits per heavy atom. The molecule has 2 atom stereocenters. The van der Waals surface area contributed by atoms with Gasteiger partial charge in [0, 0.05) is 19.3 Å². The lowest BCUT2D eigenvalue weighted by Crippen LogP contribution is -2.45. The van der Waals surface area contributed by atoms with E-state index in [2.05, 4.69) is 17.0 Å². The molecule has 0 heterocycles. The van der Waals surface area contributed by atoms with E-state index >= 15 is 0 Å². The zero-order chi connectivity index (χ0) is 24.4. The number of ether oxygens (including phenoxy) is 1. The number of nitrogens with one attached hydrogen (secondary N) is 1. The van der Waals surface area contributed by atoms with Gasteiger partial charge < -0.3 is 26.0 Å². The number of aliphatic carboxylic acids is 2. The summed E-state index contributed by atoms with van der Waals surface area (Å²) >= 11 is 0. The van der Waals surface area contributed by atoms with Crippen molar-refractivity contribution in [3.05, 3.63) is 0 Å². The topological polar surface area (TPSA) is 173 Å². The Morgan fingerprint density at radius 1 is 0.750 bits per heavy atom. The minimum atomic E-state index is -1.31. The molecule has 5 N–H and O–H groups in total. The van der Waals surface area contributed by atoms with E-state index in [4.69, 9.17) is 15.9 Å². The predicted octanol–water partition coefficient (Wildman–Crippen LogP) is 2.52. The fourth-order valence-corrected chi connectivity index (χ4v) is 3.02. The van der Waals surface area contributed by atoms with E-state index in [1.165, 1.54) is 32.1 Å². The van der Waals surface area contributed by atoms with Crippen LogP contribution in [0.4, 0.5) is 0 Å². The molecular formula is C22H38N2O8. The smallest absolute Gasteiger partial charge is 0.336 e. The first-order chi connectivity index (χ1) is 15.2. The van der Waals surface area contributed by atoms with Crippen LogP contribution in [0.3, 0.4) is 0 Å². The summed E-state index contributed by atoms with van der Waals surface area (Å²) in [5.41, 5.74) is 5.51. The fraction of sp³-hybridized carbons (Fsp3) is 0.773. The Balaban J connectivity index is 4.42. The Labute approximate surface area is 189 Å². The van der Waals surface area contributed by atoms with Crippen molar-refractivity contribution in [2.75, 3.05) is 0 Å². The molecule has 0 aliphatic carbocycles. The van der Waals surface area contributed by atoms with Gasteiger partial charge in [0.25, 0.3) is 0 Å². The fourth-order valence-electron chi connectivity index (χ4n) is 3.02. The van der Waals surface area contributed by atoms with Crippen molar-refractivity contribution < 1.29 is 38.9 Å². The Morgan fingerprint density at radius 3 is 1.78 bits per heavy atom. The zero-order valence-electron chi connectivity index (χ0n) is 19.0. The Bertz CT molecular complexity index is 609. The van der Waals surface area contributed by atoms with Crippen molar-refractivity contribution in [1.82, 2.24) is 5.32 Å². The van der Waals surface area contributed by atoms with Gasteiger partial charge in [-0.25, -0.2) is 9.59 Å². The lowest BCUT2D eigenvalue weighted by atomic mass is 10.1. The summed E-state index contributed by atoms with van der Waals surface area (Å²) in [4.78, 5) is 57.7. The molecule has 10 heteroatoms. The summed E-state index contributed by atoms with van der Waals surface area (Å²) in [5.74, 6) is -4.97. The molecule has 0 saturated heterocycles. The number of nitrogens with two attached hydrogens (primary N) is 1. The average molecular weight is 459 g/mol. The van der Waals surface area contributed by atoms with Crippen LogP contribution in [-0.2, 0) is 28.7 Å².